The topological polar surface area (TPSA) is 50.3 Å². The van der Waals surface area contributed by atoms with Crippen molar-refractivity contribution in [2.45, 2.75) is 45.0 Å². The minimum Gasteiger partial charge on any atom is -0.406 e. The van der Waals surface area contributed by atoms with Crippen LogP contribution >= 0.6 is 0 Å². The van der Waals surface area contributed by atoms with Crippen LogP contribution in [0, 0.1) is 0 Å². The van der Waals surface area contributed by atoms with Crippen molar-refractivity contribution in [3.63, 3.8) is 0 Å². The number of aromatic nitrogens is 2. The van der Waals surface area contributed by atoms with E-state index >= 15 is 0 Å². The predicted molar refractivity (Wildman–Crippen MR) is 96.0 cm³/mol. The molecule has 0 atom stereocenters. The van der Waals surface area contributed by atoms with Crippen molar-refractivity contribution in [2.75, 3.05) is 23.3 Å². The summed E-state index contributed by atoms with van der Waals surface area (Å²) < 4.78 is 41.6. The zero-order valence-corrected chi connectivity index (χ0v) is 15.0. The molecule has 0 spiro atoms. The third kappa shape index (κ3) is 4.26. The molecule has 2 aliphatic rings. The summed E-state index contributed by atoms with van der Waals surface area (Å²) in [6, 6.07) is 6.48. The largest absolute Gasteiger partial charge is 0.573 e. The third-order valence-corrected chi connectivity index (χ3v) is 4.78. The van der Waals surface area contributed by atoms with Crippen molar-refractivity contribution in [1.29, 1.82) is 0 Å². The van der Waals surface area contributed by atoms with E-state index in [2.05, 4.69) is 19.9 Å². The van der Waals surface area contributed by atoms with Gasteiger partial charge in [-0.15, -0.1) is 13.2 Å². The summed E-state index contributed by atoms with van der Waals surface area (Å²) >= 11 is 0. The van der Waals surface area contributed by atoms with Crippen LogP contribution in [-0.4, -0.2) is 29.4 Å². The molecule has 1 aliphatic heterocycles. The number of hydrogen-bond donors (Lipinski definition) is 1. The van der Waals surface area contributed by atoms with Crippen LogP contribution in [-0.2, 0) is 13.0 Å². The predicted octanol–water partition coefficient (Wildman–Crippen LogP) is 4.25. The van der Waals surface area contributed by atoms with Crippen molar-refractivity contribution in [1.82, 2.24) is 9.97 Å². The maximum absolute atomic E-state index is 12.5. The molecule has 1 fully saturated rings. The fraction of sp³-hybridized carbons (Fsp3) is 0.474. The fourth-order valence-electron chi connectivity index (χ4n) is 3.34. The molecule has 8 heteroatoms. The first-order chi connectivity index (χ1) is 12.9. The maximum Gasteiger partial charge on any atom is 0.573 e. The van der Waals surface area contributed by atoms with E-state index < -0.39 is 6.36 Å². The van der Waals surface area contributed by atoms with Gasteiger partial charge in [-0.25, -0.2) is 9.97 Å². The maximum atomic E-state index is 12.5. The molecule has 0 amide bonds. The lowest BCUT2D eigenvalue weighted by atomic mass is 9.99. The Morgan fingerprint density at radius 2 is 2.00 bits per heavy atom. The zero-order chi connectivity index (χ0) is 19.0. The lowest BCUT2D eigenvalue weighted by Gasteiger charge is -2.30. The molecule has 0 bridgehead atoms. The first kappa shape index (κ1) is 17.9. The lowest BCUT2D eigenvalue weighted by molar-refractivity contribution is -0.274. The normalized spacial score (nSPS) is 16.8. The molecule has 1 aromatic heterocycles. The SMILES string of the molecule is CCNc1cc(N2CCc3ccc(OC(F)(F)F)cc3C2)nc(C2CC2)n1. The number of nitrogens with zero attached hydrogens (tertiary/aromatic N) is 3. The highest BCUT2D eigenvalue weighted by molar-refractivity contribution is 5.52. The number of ether oxygens (including phenoxy) is 1. The number of rotatable bonds is 5. The lowest BCUT2D eigenvalue weighted by Crippen LogP contribution is -2.31. The molecule has 1 aromatic carbocycles. The van der Waals surface area contributed by atoms with E-state index in [4.69, 9.17) is 4.98 Å². The van der Waals surface area contributed by atoms with Crippen molar-refractivity contribution >= 4 is 11.6 Å². The summed E-state index contributed by atoms with van der Waals surface area (Å²) in [7, 11) is 0. The molecular weight excluding hydrogens is 357 g/mol. The molecule has 4 rings (SSSR count). The molecule has 1 N–H and O–H groups in total. The Labute approximate surface area is 155 Å². The Balaban J connectivity index is 1.59. The van der Waals surface area contributed by atoms with E-state index in [0.717, 1.165) is 60.9 Å². The number of anilines is 2. The van der Waals surface area contributed by atoms with Crippen LogP contribution in [0.25, 0.3) is 0 Å². The Morgan fingerprint density at radius 3 is 2.70 bits per heavy atom. The molecule has 0 radical (unpaired) electrons. The average molecular weight is 378 g/mol. The molecule has 0 unspecified atom stereocenters. The standard InChI is InChI=1S/C19H21F3N4O/c1-2-23-16-10-17(25-18(24-16)13-3-4-13)26-8-7-12-5-6-15(9-14(12)11-26)27-19(20,21)22/h5-6,9-10,13H,2-4,7-8,11H2,1H3,(H,23,24,25). The second kappa shape index (κ2) is 6.90. The van der Waals surface area contributed by atoms with Gasteiger partial charge in [0, 0.05) is 31.6 Å². The summed E-state index contributed by atoms with van der Waals surface area (Å²) in [4.78, 5) is 11.4. The van der Waals surface area contributed by atoms with Crippen LogP contribution in [0.2, 0.25) is 0 Å². The number of nitrogens with one attached hydrogen (secondary N) is 1. The summed E-state index contributed by atoms with van der Waals surface area (Å²) in [6.07, 6.45) is -1.72. The molecule has 2 heterocycles. The third-order valence-electron chi connectivity index (χ3n) is 4.78. The van der Waals surface area contributed by atoms with Crippen LogP contribution in [0.4, 0.5) is 24.8 Å². The molecule has 1 saturated carbocycles. The summed E-state index contributed by atoms with van der Waals surface area (Å²) in [6.45, 7) is 4.04. The Kier molecular flexibility index (Phi) is 4.57. The van der Waals surface area contributed by atoms with Crippen molar-refractivity contribution in [3.05, 3.63) is 41.2 Å². The summed E-state index contributed by atoms with van der Waals surface area (Å²) in [5.41, 5.74) is 1.88. The van der Waals surface area contributed by atoms with Gasteiger partial charge in [0.05, 0.1) is 0 Å². The van der Waals surface area contributed by atoms with Gasteiger partial charge in [-0.05, 0) is 49.4 Å². The van der Waals surface area contributed by atoms with Crippen LogP contribution in [0.1, 0.15) is 42.6 Å². The van der Waals surface area contributed by atoms with Gasteiger partial charge < -0.3 is 15.0 Å². The highest BCUT2D eigenvalue weighted by Gasteiger charge is 2.32. The smallest absolute Gasteiger partial charge is 0.406 e. The molecule has 5 nitrogen and oxygen atoms in total. The molecule has 27 heavy (non-hydrogen) atoms. The number of benzene rings is 1. The Morgan fingerprint density at radius 1 is 1.19 bits per heavy atom. The first-order valence-corrected chi connectivity index (χ1v) is 9.16. The van der Waals surface area contributed by atoms with E-state index in [1.807, 2.05) is 13.0 Å². The van der Waals surface area contributed by atoms with Crippen molar-refractivity contribution in [2.24, 2.45) is 0 Å². The average Bonchev–Trinajstić information content (AvgIpc) is 3.45. The molecule has 144 valence electrons. The van der Waals surface area contributed by atoms with Gasteiger partial charge in [-0.1, -0.05) is 6.07 Å². The first-order valence-electron chi connectivity index (χ1n) is 9.16. The number of alkyl halides is 3. The van der Waals surface area contributed by atoms with Gasteiger partial charge in [-0.3, -0.25) is 0 Å². The summed E-state index contributed by atoms with van der Waals surface area (Å²) in [5, 5.41) is 3.24. The molecule has 0 saturated heterocycles. The van der Waals surface area contributed by atoms with Crippen LogP contribution in [0.5, 0.6) is 5.75 Å². The second-order valence-electron chi connectivity index (χ2n) is 6.92. The van der Waals surface area contributed by atoms with E-state index in [1.54, 1.807) is 6.07 Å². The van der Waals surface area contributed by atoms with Crippen molar-refractivity contribution < 1.29 is 17.9 Å². The Bertz CT molecular complexity index is 836. The van der Waals surface area contributed by atoms with E-state index in [0.29, 0.717) is 12.5 Å². The van der Waals surface area contributed by atoms with E-state index in [1.165, 1.54) is 12.1 Å². The summed E-state index contributed by atoms with van der Waals surface area (Å²) in [5.74, 6) is 2.70. The Hall–Kier alpha value is -2.51. The van der Waals surface area contributed by atoms with Gasteiger partial charge in [0.1, 0.15) is 23.2 Å². The highest BCUT2D eigenvalue weighted by atomic mass is 19.4. The quantitative estimate of drug-likeness (QED) is 0.843. The molecule has 2 aromatic rings. The number of halogens is 3. The van der Waals surface area contributed by atoms with Gasteiger partial charge >= 0.3 is 6.36 Å². The van der Waals surface area contributed by atoms with Gasteiger partial charge in [0.15, 0.2) is 0 Å². The highest BCUT2D eigenvalue weighted by Crippen LogP contribution is 2.39. The molecular formula is C19H21F3N4O. The van der Waals surface area contributed by atoms with Gasteiger partial charge in [-0.2, -0.15) is 0 Å². The van der Waals surface area contributed by atoms with Crippen LogP contribution in [0.3, 0.4) is 0 Å². The van der Waals surface area contributed by atoms with Crippen LogP contribution < -0.4 is 15.0 Å². The van der Waals surface area contributed by atoms with Gasteiger partial charge in [0.2, 0.25) is 0 Å². The number of fused-ring (bicyclic) bond motifs is 1. The fourth-order valence-corrected chi connectivity index (χ4v) is 3.34. The van der Waals surface area contributed by atoms with Gasteiger partial charge in [0.25, 0.3) is 0 Å². The second-order valence-corrected chi connectivity index (χ2v) is 6.92. The van der Waals surface area contributed by atoms with E-state index in [-0.39, 0.29) is 5.75 Å². The molecule has 1 aliphatic carbocycles. The van der Waals surface area contributed by atoms with Crippen molar-refractivity contribution in [3.8, 4) is 5.75 Å². The monoisotopic (exact) mass is 378 g/mol. The zero-order valence-electron chi connectivity index (χ0n) is 15.0. The minimum atomic E-state index is -4.69. The number of hydrogen-bond acceptors (Lipinski definition) is 5. The van der Waals surface area contributed by atoms with E-state index in [9.17, 15) is 13.2 Å². The minimum absolute atomic E-state index is 0.183. The van der Waals surface area contributed by atoms with Crippen LogP contribution in [0.15, 0.2) is 24.3 Å².